The van der Waals surface area contributed by atoms with Crippen LogP contribution in [0.5, 0.6) is 0 Å². The molecule has 1 unspecified atom stereocenters. The molecule has 66 valence electrons. The summed E-state index contributed by atoms with van der Waals surface area (Å²) in [6.45, 7) is 0. The zero-order valence-electron chi connectivity index (χ0n) is 6.97. The molecule has 0 saturated heterocycles. The second-order valence-electron chi connectivity index (χ2n) is 3.02. The van der Waals surface area contributed by atoms with Gasteiger partial charge in [0.05, 0.1) is 5.71 Å². The van der Waals surface area contributed by atoms with E-state index in [4.69, 9.17) is 5.11 Å². The fourth-order valence-electron chi connectivity index (χ4n) is 1.27. The normalized spacial score (nSPS) is 19.4. The van der Waals surface area contributed by atoms with Gasteiger partial charge in [-0.05, 0) is 5.56 Å². The van der Waals surface area contributed by atoms with Gasteiger partial charge in [0.2, 0.25) is 0 Å². The van der Waals surface area contributed by atoms with Gasteiger partial charge in [-0.1, -0.05) is 30.3 Å². The van der Waals surface area contributed by atoms with Crippen LogP contribution in [0.1, 0.15) is 5.56 Å². The first-order valence-corrected chi connectivity index (χ1v) is 4.10. The van der Waals surface area contributed by atoms with Crippen molar-refractivity contribution in [3.05, 3.63) is 35.9 Å². The molecule has 0 amide bonds. The molecule has 3 nitrogen and oxygen atoms in total. The van der Waals surface area contributed by atoms with E-state index in [0.717, 1.165) is 11.3 Å². The lowest BCUT2D eigenvalue weighted by atomic mass is 10.1. The lowest BCUT2D eigenvalue weighted by Gasteiger charge is -1.94. The van der Waals surface area contributed by atoms with Crippen LogP contribution in [0.25, 0.3) is 0 Å². The first-order valence-electron chi connectivity index (χ1n) is 4.10. The van der Waals surface area contributed by atoms with Gasteiger partial charge in [0.1, 0.15) is 0 Å². The minimum atomic E-state index is -0.842. The lowest BCUT2D eigenvalue weighted by Crippen LogP contribution is -2.12. The van der Waals surface area contributed by atoms with Gasteiger partial charge in [0.25, 0.3) is 0 Å². The van der Waals surface area contributed by atoms with Gasteiger partial charge in [0.15, 0.2) is 6.04 Å². The van der Waals surface area contributed by atoms with Gasteiger partial charge >= 0.3 is 5.97 Å². The summed E-state index contributed by atoms with van der Waals surface area (Å²) in [5.74, 6) is -0.842. The second kappa shape index (κ2) is 3.01. The lowest BCUT2D eigenvalue weighted by molar-refractivity contribution is -0.135. The number of benzene rings is 1. The molecule has 1 N–H and O–H groups in total. The Morgan fingerprint density at radius 3 is 2.62 bits per heavy atom. The molecule has 0 bridgehead atoms. The van der Waals surface area contributed by atoms with Crippen LogP contribution in [0.3, 0.4) is 0 Å². The monoisotopic (exact) mass is 175 g/mol. The highest BCUT2D eigenvalue weighted by Crippen LogP contribution is 2.16. The van der Waals surface area contributed by atoms with Crippen LogP contribution in [0, 0.1) is 0 Å². The van der Waals surface area contributed by atoms with E-state index >= 15 is 0 Å². The smallest absolute Gasteiger partial charge is 0.334 e. The molecule has 1 aliphatic heterocycles. The van der Waals surface area contributed by atoms with E-state index in [1.165, 1.54) is 0 Å². The Labute approximate surface area is 75.7 Å². The Morgan fingerprint density at radius 1 is 1.38 bits per heavy atom. The van der Waals surface area contributed by atoms with Gasteiger partial charge in [0, 0.05) is 6.42 Å². The van der Waals surface area contributed by atoms with Crippen LogP contribution < -0.4 is 0 Å². The number of rotatable bonds is 3. The summed E-state index contributed by atoms with van der Waals surface area (Å²) in [5, 5.41) is 8.59. The minimum Gasteiger partial charge on any atom is -0.479 e. The van der Waals surface area contributed by atoms with E-state index < -0.39 is 12.0 Å². The van der Waals surface area contributed by atoms with Gasteiger partial charge in [-0.25, -0.2) is 4.79 Å². The molecule has 0 fully saturated rings. The summed E-state index contributed by atoms with van der Waals surface area (Å²) in [6.07, 6.45) is 0.664. The third-order valence-corrected chi connectivity index (χ3v) is 2.00. The summed E-state index contributed by atoms with van der Waals surface area (Å²) in [6, 6.07) is 9.22. The first-order chi connectivity index (χ1) is 6.27. The van der Waals surface area contributed by atoms with Crippen LogP contribution in [0.2, 0.25) is 0 Å². The quantitative estimate of drug-likeness (QED) is 0.748. The zero-order chi connectivity index (χ0) is 9.26. The molecule has 1 aliphatic rings. The van der Waals surface area contributed by atoms with Crippen molar-refractivity contribution < 1.29 is 9.90 Å². The standard InChI is InChI=1S/C10H9NO2/c12-10(13)9-8(11-9)6-7-4-2-1-3-5-7/h1-5,9H,6H2,(H,12,13). The SMILES string of the molecule is O=C(O)C1N=C1Cc1ccccc1. The third kappa shape index (κ3) is 1.75. The van der Waals surface area contributed by atoms with Gasteiger partial charge in [-0.2, -0.15) is 0 Å². The van der Waals surface area contributed by atoms with Crippen molar-refractivity contribution in [1.82, 2.24) is 0 Å². The fourth-order valence-corrected chi connectivity index (χ4v) is 1.27. The van der Waals surface area contributed by atoms with Crippen molar-refractivity contribution in [3.8, 4) is 0 Å². The highest BCUT2D eigenvalue weighted by Gasteiger charge is 2.34. The number of carboxylic acid groups (broad SMARTS) is 1. The molecule has 0 aliphatic carbocycles. The molecule has 1 heterocycles. The van der Waals surface area contributed by atoms with Crippen molar-refractivity contribution in [2.45, 2.75) is 12.5 Å². The molecule has 1 atom stereocenters. The molecular weight excluding hydrogens is 166 g/mol. The number of aliphatic carboxylic acids is 1. The molecule has 1 aromatic rings. The molecule has 13 heavy (non-hydrogen) atoms. The number of nitrogens with zero attached hydrogens (tertiary/aromatic N) is 1. The highest BCUT2D eigenvalue weighted by molar-refractivity contribution is 6.16. The van der Waals surface area contributed by atoms with Crippen LogP contribution in [-0.2, 0) is 11.2 Å². The number of carboxylic acids is 1. The fraction of sp³-hybridized carbons (Fsp3) is 0.200. The molecule has 1 aromatic carbocycles. The average Bonchev–Trinajstić information content (AvgIpc) is 2.86. The van der Waals surface area contributed by atoms with Gasteiger partial charge in [-0.15, -0.1) is 0 Å². The van der Waals surface area contributed by atoms with E-state index in [0.29, 0.717) is 6.42 Å². The zero-order valence-corrected chi connectivity index (χ0v) is 6.97. The summed E-state index contributed by atoms with van der Waals surface area (Å²) in [4.78, 5) is 14.3. The predicted octanol–water partition coefficient (Wildman–Crippen LogP) is 1.14. The maximum absolute atomic E-state index is 10.4. The maximum Gasteiger partial charge on any atom is 0.334 e. The maximum atomic E-state index is 10.4. The summed E-state index contributed by atoms with van der Waals surface area (Å²) in [7, 11) is 0. The molecule has 2 rings (SSSR count). The topological polar surface area (TPSA) is 49.7 Å². The number of aliphatic imine (C=N–C) groups is 1. The number of hydrogen-bond acceptors (Lipinski definition) is 2. The average molecular weight is 175 g/mol. The van der Waals surface area contributed by atoms with Crippen LogP contribution in [0.15, 0.2) is 35.3 Å². The number of carbonyl (C=O) groups is 1. The van der Waals surface area contributed by atoms with Crippen molar-refractivity contribution >= 4 is 11.7 Å². The molecule has 0 spiro atoms. The second-order valence-corrected chi connectivity index (χ2v) is 3.02. The molecular formula is C10H9NO2. The molecule has 3 heteroatoms. The Morgan fingerprint density at radius 2 is 2.08 bits per heavy atom. The third-order valence-electron chi connectivity index (χ3n) is 2.00. The van der Waals surface area contributed by atoms with E-state index in [2.05, 4.69) is 4.99 Å². The van der Waals surface area contributed by atoms with Crippen molar-refractivity contribution in [2.75, 3.05) is 0 Å². The minimum absolute atomic E-state index is 0.541. The van der Waals surface area contributed by atoms with E-state index in [1.807, 2.05) is 30.3 Å². The Bertz CT molecular complexity index is 356. The largest absolute Gasteiger partial charge is 0.479 e. The Kier molecular flexibility index (Phi) is 1.85. The predicted molar refractivity (Wildman–Crippen MR) is 49.0 cm³/mol. The van der Waals surface area contributed by atoms with Crippen molar-refractivity contribution in [3.63, 3.8) is 0 Å². The molecule has 0 saturated carbocycles. The van der Waals surface area contributed by atoms with Crippen molar-refractivity contribution in [1.29, 1.82) is 0 Å². The van der Waals surface area contributed by atoms with Crippen LogP contribution in [-0.4, -0.2) is 22.8 Å². The van der Waals surface area contributed by atoms with Gasteiger partial charge < -0.3 is 5.11 Å². The van der Waals surface area contributed by atoms with Gasteiger partial charge in [-0.3, -0.25) is 4.99 Å². The van der Waals surface area contributed by atoms with E-state index in [-0.39, 0.29) is 0 Å². The van der Waals surface area contributed by atoms with Crippen LogP contribution in [0.4, 0.5) is 0 Å². The van der Waals surface area contributed by atoms with Crippen LogP contribution >= 0.6 is 0 Å². The number of hydrogen-bond donors (Lipinski definition) is 1. The Hall–Kier alpha value is -1.64. The van der Waals surface area contributed by atoms with E-state index in [1.54, 1.807) is 0 Å². The van der Waals surface area contributed by atoms with E-state index in [9.17, 15) is 4.79 Å². The summed E-state index contributed by atoms with van der Waals surface area (Å²) >= 11 is 0. The molecule has 0 aromatic heterocycles. The van der Waals surface area contributed by atoms with Crippen molar-refractivity contribution in [2.24, 2.45) is 4.99 Å². The summed E-state index contributed by atoms with van der Waals surface area (Å²) in [5.41, 5.74) is 1.89. The highest BCUT2D eigenvalue weighted by atomic mass is 16.4. The Balaban J connectivity index is 1.95. The summed E-state index contributed by atoms with van der Waals surface area (Å²) < 4.78 is 0. The first kappa shape index (κ1) is 7.98. The molecule has 0 radical (unpaired) electrons.